The zero-order chi connectivity index (χ0) is 14.1. The number of benzene rings is 2. The van der Waals surface area contributed by atoms with E-state index in [2.05, 4.69) is 15.3 Å². The average molecular weight is 288 g/mol. The van der Waals surface area contributed by atoms with Crippen LogP contribution in [0.1, 0.15) is 0 Å². The summed E-state index contributed by atoms with van der Waals surface area (Å²) in [4.78, 5) is 8.78. The normalized spacial score (nSPS) is 10.8. The van der Waals surface area contributed by atoms with Gasteiger partial charge in [0.15, 0.2) is 11.6 Å². The predicted octanol–water partition coefficient (Wildman–Crippen LogP) is 4.13. The van der Waals surface area contributed by atoms with E-state index < -0.39 is 5.82 Å². The van der Waals surface area contributed by atoms with Gasteiger partial charge >= 0.3 is 0 Å². The lowest BCUT2D eigenvalue weighted by Crippen LogP contribution is -1.99. The van der Waals surface area contributed by atoms with E-state index in [9.17, 15) is 4.39 Å². The Morgan fingerprint density at radius 1 is 1.05 bits per heavy atom. The maximum atomic E-state index is 14.1. The van der Waals surface area contributed by atoms with E-state index in [1.807, 2.05) is 24.3 Å². The molecule has 0 fully saturated rings. The average Bonchev–Trinajstić information content (AvgIpc) is 2.49. The molecule has 0 saturated carbocycles. The van der Waals surface area contributed by atoms with E-state index in [1.165, 1.54) is 6.07 Å². The molecule has 5 heteroatoms. The molecule has 0 aliphatic heterocycles. The standard InChI is InChI=1S/C15H11ClFN3/c1-18-14-9-5-2-3-8-12(9)19-15(20-14)10-6-4-7-11(16)13(10)17/h2-8H,1H3,(H,18,19,20). The number of para-hydroxylation sites is 1. The Morgan fingerprint density at radius 2 is 1.85 bits per heavy atom. The Kier molecular flexibility index (Phi) is 3.24. The SMILES string of the molecule is CNc1nc(-c2cccc(Cl)c2F)nc2ccccc12. The fraction of sp³-hybridized carbons (Fsp3) is 0.0667. The fourth-order valence-electron chi connectivity index (χ4n) is 2.06. The highest BCUT2D eigenvalue weighted by Crippen LogP contribution is 2.28. The number of halogens is 2. The van der Waals surface area contributed by atoms with Crippen molar-refractivity contribution in [1.29, 1.82) is 0 Å². The largest absolute Gasteiger partial charge is 0.373 e. The zero-order valence-corrected chi connectivity index (χ0v) is 11.4. The van der Waals surface area contributed by atoms with Crippen molar-refractivity contribution in [3.8, 4) is 11.4 Å². The Morgan fingerprint density at radius 3 is 2.65 bits per heavy atom. The van der Waals surface area contributed by atoms with Crippen LogP contribution in [0.5, 0.6) is 0 Å². The predicted molar refractivity (Wildman–Crippen MR) is 79.5 cm³/mol. The van der Waals surface area contributed by atoms with Crippen molar-refractivity contribution in [2.24, 2.45) is 0 Å². The van der Waals surface area contributed by atoms with Crippen LogP contribution < -0.4 is 5.32 Å². The minimum absolute atomic E-state index is 0.0604. The molecule has 3 aromatic rings. The van der Waals surface area contributed by atoms with Crippen LogP contribution in [-0.4, -0.2) is 17.0 Å². The molecule has 0 radical (unpaired) electrons. The molecule has 100 valence electrons. The van der Waals surface area contributed by atoms with Gasteiger partial charge in [-0.15, -0.1) is 0 Å². The summed E-state index contributed by atoms with van der Waals surface area (Å²) < 4.78 is 14.1. The summed E-state index contributed by atoms with van der Waals surface area (Å²) in [7, 11) is 1.77. The molecule has 0 aliphatic carbocycles. The van der Waals surface area contributed by atoms with Crippen molar-refractivity contribution in [3.05, 3.63) is 53.3 Å². The first-order valence-electron chi connectivity index (χ1n) is 6.09. The molecule has 0 spiro atoms. The first-order chi connectivity index (χ1) is 9.70. The smallest absolute Gasteiger partial charge is 0.165 e. The van der Waals surface area contributed by atoms with E-state index in [-0.39, 0.29) is 5.02 Å². The summed E-state index contributed by atoms with van der Waals surface area (Å²) in [5.41, 5.74) is 1.04. The summed E-state index contributed by atoms with van der Waals surface area (Å²) in [5.74, 6) is 0.463. The van der Waals surface area contributed by atoms with Crippen molar-refractivity contribution in [2.75, 3.05) is 12.4 Å². The van der Waals surface area contributed by atoms with Gasteiger partial charge in [-0.05, 0) is 24.3 Å². The highest BCUT2D eigenvalue weighted by Gasteiger charge is 2.13. The van der Waals surface area contributed by atoms with Crippen LogP contribution in [0.2, 0.25) is 5.02 Å². The second kappa shape index (κ2) is 5.06. The van der Waals surface area contributed by atoms with Crippen molar-refractivity contribution in [3.63, 3.8) is 0 Å². The molecule has 0 saturated heterocycles. The first kappa shape index (κ1) is 12.8. The van der Waals surface area contributed by atoms with Crippen LogP contribution in [0, 0.1) is 5.82 Å². The molecule has 2 aromatic carbocycles. The lowest BCUT2D eigenvalue weighted by Gasteiger charge is -2.09. The summed E-state index contributed by atoms with van der Waals surface area (Å²) in [6, 6.07) is 12.4. The molecule has 1 N–H and O–H groups in total. The fourth-order valence-corrected chi connectivity index (χ4v) is 2.24. The number of fused-ring (bicyclic) bond motifs is 1. The molecule has 3 nitrogen and oxygen atoms in total. The Hall–Kier alpha value is -2.20. The molecule has 0 unspecified atom stereocenters. The maximum absolute atomic E-state index is 14.1. The van der Waals surface area contributed by atoms with Crippen molar-refractivity contribution < 1.29 is 4.39 Å². The lowest BCUT2D eigenvalue weighted by molar-refractivity contribution is 0.630. The Labute approximate surface area is 120 Å². The number of nitrogens with zero attached hydrogens (tertiary/aromatic N) is 2. The Balaban J connectivity index is 2.29. The van der Waals surface area contributed by atoms with Gasteiger partial charge in [-0.1, -0.05) is 29.8 Å². The first-order valence-corrected chi connectivity index (χ1v) is 6.47. The maximum Gasteiger partial charge on any atom is 0.165 e. The van der Waals surface area contributed by atoms with E-state index >= 15 is 0 Å². The van der Waals surface area contributed by atoms with E-state index in [1.54, 1.807) is 19.2 Å². The summed E-state index contributed by atoms with van der Waals surface area (Å²) in [6.07, 6.45) is 0. The molecular weight excluding hydrogens is 277 g/mol. The lowest BCUT2D eigenvalue weighted by atomic mass is 10.1. The van der Waals surface area contributed by atoms with Gasteiger partial charge in [0.25, 0.3) is 0 Å². The van der Waals surface area contributed by atoms with Gasteiger partial charge in [0, 0.05) is 12.4 Å². The van der Waals surface area contributed by atoms with Gasteiger partial charge in [0.05, 0.1) is 16.1 Å². The quantitative estimate of drug-likeness (QED) is 0.770. The van der Waals surface area contributed by atoms with E-state index in [0.29, 0.717) is 17.2 Å². The number of hydrogen-bond acceptors (Lipinski definition) is 3. The van der Waals surface area contributed by atoms with Crippen LogP contribution in [0.3, 0.4) is 0 Å². The van der Waals surface area contributed by atoms with Crippen LogP contribution in [0.15, 0.2) is 42.5 Å². The van der Waals surface area contributed by atoms with Crippen LogP contribution >= 0.6 is 11.6 Å². The third-order valence-corrected chi connectivity index (χ3v) is 3.32. The van der Waals surface area contributed by atoms with Crippen LogP contribution in [-0.2, 0) is 0 Å². The van der Waals surface area contributed by atoms with Gasteiger partial charge in [-0.25, -0.2) is 14.4 Å². The third kappa shape index (κ3) is 2.08. The molecule has 1 heterocycles. The van der Waals surface area contributed by atoms with Gasteiger partial charge in [-0.3, -0.25) is 0 Å². The van der Waals surface area contributed by atoms with Crippen LogP contribution in [0.4, 0.5) is 10.2 Å². The topological polar surface area (TPSA) is 37.8 Å². The summed E-state index contributed by atoms with van der Waals surface area (Å²) in [6.45, 7) is 0. The summed E-state index contributed by atoms with van der Waals surface area (Å²) >= 11 is 5.81. The van der Waals surface area contributed by atoms with E-state index in [4.69, 9.17) is 11.6 Å². The van der Waals surface area contributed by atoms with Crippen molar-refractivity contribution in [1.82, 2.24) is 9.97 Å². The van der Waals surface area contributed by atoms with Crippen molar-refractivity contribution in [2.45, 2.75) is 0 Å². The van der Waals surface area contributed by atoms with Crippen LogP contribution in [0.25, 0.3) is 22.3 Å². The number of aromatic nitrogens is 2. The van der Waals surface area contributed by atoms with Gasteiger partial charge in [0.2, 0.25) is 0 Å². The number of nitrogens with one attached hydrogen (secondary N) is 1. The zero-order valence-electron chi connectivity index (χ0n) is 10.7. The molecule has 0 atom stereocenters. The molecule has 0 amide bonds. The Bertz CT molecular complexity index is 789. The second-order valence-corrected chi connectivity index (χ2v) is 4.67. The van der Waals surface area contributed by atoms with Gasteiger partial charge < -0.3 is 5.32 Å². The highest BCUT2D eigenvalue weighted by molar-refractivity contribution is 6.31. The third-order valence-electron chi connectivity index (χ3n) is 3.03. The molecule has 3 rings (SSSR count). The molecule has 20 heavy (non-hydrogen) atoms. The highest BCUT2D eigenvalue weighted by atomic mass is 35.5. The minimum atomic E-state index is -0.508. The minimum Gasteiger partial charge on any atom is -0.373 e. The van der Waals surface area contributed by atoms with E-state index in [0.717, 1.165) is 10.9 Å². The van der Waals surface area contributed by atoms with Crippen molar-refractivity contribution >= 4 is 28.3 Å². The number of hydrogen-bond donors (Lipinski definition) is 1. The molecular formula is C15H11ClFN3. The molecule has 0 bridgehead atoms. The van der Waals surface area contributed by atoms with Gasteiger partial charge in [-0.2, -0.15) is 0 Å². The molecule has 1 aromatic heterocycles. The van der Waals surface area contributed by atoms with Gasteiger partial charge in [0.1, 0.15) is 5.82 Å². The second-order valence-electron chi connectivity index (χ2n) is 4.26. The number of anilines is 1. The summed E-state index contributed by atoms with van der Waals surface area (Å²) in [5, 5.41) is 3.96. The monoisotopic (exact) mass is 287 g/mol. The number of rotatable bonds is 2. The molecule has 0 aliphatic rings.